The summed E-state index contributed by atoms with van der Waals surface area (Å²) in [4.78, 5) is 33.4. The number of aromatic nitrogens is 1. The minimum Gasteiger partial charge on any atom is -0.423 e. The van der Waals surface area contributed by atoms with Gasteiger partial charge in [-0.15, -0.1) is 0 Å². The number of rotatable bonds is 7. The number of esters is 1. The average molecular weight is 415 g/mol. The number of carbonyl (C=O) groups excluding carboxylic acids is 2. The molecule has 2 aromatic carbocycles. The third-order valence-corrected chi connectivity index (χ3v) is 5.26. The molecule has 0 unspecified atom stereocenters. The molecule has 6 nitrogen and oxygen atoms in total. The van der Waals surface area contributed by atoms with Crippen LogP contribution in [0.15, 0.2) is 72.9 Å². The maximum atomic E-state index is 13.4. The predicted octanol–water partition coefficient (Wildman–Crippen LogP) is 3.39. The number of benzene rings is 2. The van der Waals surface area contributed by atoms with E-state index in [2.05, 4.69) is 4.98 Å². The summed E-state index contributed by atoms with van der Waals surface area (Å²) in [6.07, 6.45) is 2.43. The van der Waals surface area contributed by atoms with E-state index in [0.29, 0.717) is 25.3 Å². The highest BCUT2D eigenvalue weighted by molar-refractivity contribution is 5.89. The highest BCUT2D eigenvalue weighted by Crippen LogP contribution is 2.32. The lowest BCUT2D eigenvalue weighted by Gasteiger charge is -2.32. The third kappa shape index (κ3) is 5.28. The molecule has 158 valence electrons. The number of nitrogens with zero attached hydrogens (tertiary/aromatic N) is 3. The number of hydrogen-bond acceptors (Lipinski definition) is 5. The molecule has 31 heavy (non-hydrogen) atoms. The minimum atomic E-state index is -0.354. The lowest BCUT2D eigenvalue weighted by Crippen LogP contribution is -2.45. The van der Waals surface area contributed by atoms with Crippen LogP contribution in [0, 0.1) is 6.92 Å². The van der Waals surface area contributed by atoms with Gasteiger partial charge in [0.25, 0.3) is 0 Å². The van der Waals surface area contributed by atoms with E-state index in [-0.39, 0.29) is 25.0 Å². The third-order valence-electron chi connectivity index (χ3n) is 5.26. The van der Waals surface area contributed by atoms with Crippen LogP contribution in [-0.2, 0) is 22.6 Å². The van der Waals surface area contributed by atoms with Crippen LogP contribution in [0.5, 0.6) is 5.75 Å². The highest BCUT2D eigenvalue weighted by Gasteiger charge is 2.27. The van der Waals surface area contributed by atoms with Crippen LogP contribution in [0.25, 0.3) is 0 Å². The van der Waals surface area contributed by atoms with E-state index in [1.54, 1.807) is 17.2 Å². The fraction of sp³-hybridized carbons (Fsp3) is 0.240. The Kier molecular flexibility index (Phi) is 6.26. The Hall–Kier alpha value is -3.67. The molecule has 0 aliphatic carbocycles. The van der Waals surface area contributed by atoms with Gasteiger partial charge in [-0.3, -0.25) is 9.78 Å². The minimum absolute atomic E-state index is 0.0399. The van der Waals surface area contributed by atoms with Crippen molar-refractivity contribution in [3.8, 4) is 5.75 Å². The standard InChI is InChI=1S/C25H25N3O3/c1-19-10-11-23-22(15-19)28(18-25(30)31-23)17-24(29)27(16-20-7-3-2-4-8-20)14-12-21-9-5-6-13-26-21/h2-11,13,15H,12,14,16-18H2,1H3. The van der Waals surface area contributed by atoms with Crippen molar-refractivity contribution in [3.05, 3.63) is 89.7 Å². The normalized spacial score (nSPS) is 12.8. The Labute approximate surface area is 182 Å². The van der Waals surface area contributed by atoms with Crippen LogP contribution in [0.1, 0.15) is 16.8 Å². The van der Waals surface area contributed by atoms with Gasteiger partial charge in [0.05, 0.1) is 12.2 Å². The number of hydrogen-bond donors (Lipinski definition) is 0. The molecule has 0 saturated carbocycles. The van der Waals surface area contributed by atoms with Gasteiger partial charge in [-0.2, -0.15) is 0 Å². The van der Waals surface area contributed by atoms with E-state index in [4.69, 9.17) is 4.74 Å². The van der Waals surface area contributed by atoms with Crippen LogP contribution in [0.2, 0.25) is 0 Å². The van der Waals surface area contributed by atoms with Crippen molar-refractivity contribution < 1.29 is 14.3 Å². The summed E-state index contributed by atoms with van der Waals surface area (Å²) < 4.78 is 5.35. The number of amides is 1. The van der Waals surface area contributed by atoms with Crippen LogP contribution in [0.4, 0.5) is 5.69 Å². The van der Waals surface area contributed by atoms with E-state index in [1.807, 2.05) is 72.5 Å². The van der Waals surface area contributed by atoms with Crippen molar-refractivity contribution >= 4 is 17.6 Å². The Morgan fingerprint density at radius 1 is 1.10 bits per heavy atom. The van der Waals surface area contributed by atoms with Crippen LogP contribution in [0.3, 0.4) is 0 Å². The van der Waals surface area contributed by atoms with Crippen LogP contribution >= 0.6 is 0 Å². The molecule has 1 aliphatic heterocycles. The maximum Gasteiger partial charge on any atom is 0.331 e. The zero-order chi connectivity index (χ0) is 21.6. The molecule has 1 aliphatic rings. The smallest absolute Gasteiger partial charge is 0.331 e. The van der Waals surface area contributed by atoms with E-state index in [1.165, 1.54) is 0 Å². The highest BCUT2D eigenvalue weighted by atomic mass is 16.5. The number of aryl methyl sites for hydroxylation is 1. The monoisotopic (exact) mass is 415 g/mol. The van der Waals surface area contributed by atoms with Crippen molar-refractivity contribution in [1.29, 1.82) is 0 Å². The lowest BCUT2D eigenvalue weighted by molar-refractivity contribution is -0.133. The summed E-state index contributed by atoms with van der Waals surface area (Å²) in [5.41, 5.74) is 3.82. The molecular weight excluding hydrogens is 390 g/mol. The maximum absolute atomic E-state index is 13.4. The zero-order valence-electron chi connectivity index (χ0n) is 17.5. The molecule has 0 spiro atoms. The predicted molar refractivity (Wildman–Crippen MR) is 119 cm³/mol. The number of carbonyl (C=O) groups is 2. The first-order chi connectivity index (χ1) is 15.1. The second-order valence-electron chi connectivity index (χ2n) is 7.67. The van der Waals surface area contributed by atoms with Gasteiger partial charge in [-0.05, 0) is 42.3 Å². The Morgan fingerprint density at radius 2 is 1.90 bits per heavy atom. The molecular formula is C25H25N3O3. The summed E-state index contributed by atoms with van der Waals surface area (Å²) in [5.74, 6) is 0.104. The van der Waals surface area contributed by atoms with Gasteiger partial charge in [0.15, 0.2) is 5.75 Å². The van der Waals surface area contributed by atoms with E-state index >= 15 is 0 Å². The quantitative estimate of drug-likeness (QED) is 0.437. The van der Waals surface area contributed by atoms with E-state index < -0.39 is 0 Å². The molecule has 1 aromatic heterocycles. The molecule has 0 bridgehead atoms. The molecule has 3 aromatic rings. The number of anilines is 1. The van der Waals surface area contributed by atoms with Crippen LogP contribution in [-0.4, -0.2) is 41.4 Å². The van der Waals surface area contributed by atoms with Crippen molar-refractivity contribution in [2.24, 2.45) is 0 Å². The van der Waals surface area contributed by atoms with E-state index in [9.17, 15) is 9.59 Å². The topological polar surface area (TPSA) is 62.7 Å². The first kappa shape index (κ1) is 20.6. The zero-order valence-corrected chi connectivity index (χ0v) is 17.5. The SMILES string of the molecule is Cc1ccc2c(c1)N(CC(=O)N(CCc1ccccn1)Cc1ccccc1)CC(=O)O2. The molecule has 6 heteroatoms. The van der Waals surface area contributed by atoms with Gasteiger partial charge in [0.2, 0.25) is 5.91 Å². The van der Waals surface area contributed by atoms with Crippen molar-refractivity contribution in [2.75, 3.05) is 24.5 Å². The van der Waals surface area contributed by atoms with Gasteiger partial charge in [-0.25, -0.2) is 4.79 Å². The molecule has 0 fully saturated rings. The Bertz CT molecular complexity index is 1050. The summed E-state index contributed by atoms with van der Waals surface area (Å²) >= 11 is 0. The molecule has 2 heterocycles. The first-order valence-electron chi connectivity index (χ1n) is 10.4. The molecule has 0 N–H and O–H groups in total. The summed E-state index contributed by atoms with van der Waals surface area (Å²) in [6, 6.07) is 21.3. The first-order valence-corrected chi connectivity index (χ1v) is 10.4. The number of pyridine rings is 1. The summed E-state index contributed by atoms with van der Waals surface area (Å²) in [7, 11) is 0. The second-order valence-corrected chi connectivity index (χ2v) is 7.67. The average Bonchev–Trinajstić information content (AvgIpc) is 2.78. The molecule has 0 radical (unpaired) electrons. The fourth-order valence-electron chi connectivity index (χ4n) is 3.65. The van der Waals surface area contributed by atoms with Gasteiger partial charge >= 0.3 is 5.97 Å². The van der Waals surface area contributed by atoms with Gasteiger partial charge in [-0.1, -0.05) is 42.5 Å². The van der Waals surface area contributed by atoms with Crippen LogP contribution < -0.4 is 9.64 Å². The molecule has 0 saturated heterocycles. The van der Waals surface area contributed by atoms with Gasteiger partial charge < -0.3 is 14.5 Å². The Morgan fingerprint density at radius 3 is 2.68 bits per heavy atom. The lowest BCUT2D eigenvalue weighted by atomic mass is 10.1. The largest absolute Gasteiger partial charge is 0.423 e. The van der Waals surface area contributed by atoms with Crippen molar-refractivity contribution in [2.45, 2.75) is 19.9 Å². The van der Waals surface area contributed by atoms with Gasteiger partial charge in [0.1, 0.15) is 6.54 Å². The summed E-state index contributed by atoms with van der Waals surface area (Å²) in [6.45, 7) is 3.20. The second kappa shape index (κ2) is 9.43. The Balaban J connectivity index is 1.52. The van der Waals surface area contributed by atoms with Crippen molar-refractivity contribution in [3.63, 3.8) is 0 Å². The van der Waals surface area contributed by atoms with Gasteiger partial charge in [0, 0.05) is 31.4 Å². The van der Waals surface area contributed by atoms with Crippen molar-refractivity contribution in [1.82, 2.24) is 9.88 Å². The number of fused-ring (bicyclic) bond motifs is 1. The molecule has 4 rings (SSSR count). The number of ether oxygens (including phenoxy) is 1. The fourth-order valence-corrected chi connectivity index (χ4v) is 3.65. The molecule has 1 amide bonds. The summed E-state index contributed by atoms with van der Waals surface area (Å²) in [5, 5.41) is 0. The van der Waals surface area contributed by atoms with E-state index in [0.717, 1.165) is 22.5 Å². The molecule has 0 atom stereocenters.